The van der Waals surface area contributed by atoms with Crippen molar-refractivity contribution in [2.45, 2.75) is 6.54 Å². The number of rotatable bonds is 6. The highest BCUT2D eigenvalue weighted by atomic mass is 16.5. The smallest absolute Gasteiger partial charge is 0.342 e. The molecule has 26 heavy (non-hydrogen) atoms. The zero-order chi connectivity index (χ0) is 18.9. The van der Waals surface area contributed by atoms with Gasteiger partial charge >= 0.3 is 12.0 Å². The number of phenols is 1. The normalized spacial score (nSPS) is 9.88. The zero-order valence-electron chi connectivity index (χ0n) is 14.0. The molecule has 0 heterocycles. The van der Waals surface area contributed by atoms with Crippen molar-refractivity contribution in [1.82, 2.24) is 10.6 Å². The van der Waals surface area contributed by atoms with E-state index in [0.29, 0.717) is 5.75 Å². The Bertz CT molecular complexity index is 792. The second-order valence-electron chi connectivity index (χ2n) is 5.18. The van der Waals surface area contributed by atoms with Crippen LogP contribution in [0.15, 0.2) is 48.5 Å². The highest BCUT2D eigenvalue weighted by Gasteiger charge is 2.16. The Balaban J connectivity index is 1.77. The van der Waals surface area contributed by atoms with Gasteiger partial charge < -0.3 is 19.9 Å². The zero-order valence-corrected chi connectivity index (χ0v) is 14.0. The number of methoxy groups -OCH3 is 1. The number of amides is 3. The van der Waals surface area contributed by atoms with Gasteiger partial charge in [-0.05, 0) is 17.7 Å². The largest absolute Gasteiger partial charge is 0.507 e. The number of phenolic OH excluding ortho intramolecular Hbond substituents is 1. The van der Waals surface area contributed by atoms with Crippen molar-refractivity contribution in [3.05, 3.63) is 59.7 Å². The van der Waals surface area contributed by atoms with Crippen molar-refractivity contribution in [3.63, 3.8) is 0 Å². The summed E-state index contributed by atoms with van der Waals surface area (Å²) >= 11 is 0. The number of hydrogen-bond donors (Lipinski definition) is 3. The molecule has 3 N–H and O–H groups in total. The molecular formula is C18H18N2O6. The summed E-state index contributed by atoms with van der Waals surface area (Å²) in [5, 5.41) is 14.3. The molecule has 2 rings (SSSR count). The van der Waals surface area contributed by atoms with Gasteiger partial charge in [0, 0.05) is 12.6 Å². The van der Waals surface area contributed by atoms with Crippen molar-refractivity contribution >= 4 is 17.9 Å². The van der Waals surface area contributed by atoms with Crippen molar-refractivity contribution in [1.29, 1.82) is 0 Å². The van der Waals surface area contributed by atoms with Gasteiger partial charge in [-0.15, -0.1) is 0 Å². The molecule has 0 bridgehead atoms. The Morgan fingerprint density at radius 2 is 1.81 bits per heavy atom. The number of nitrogens with one attached hydrogen (secondary N) is 2. The fraction of sp³-hybridized carbons (Fsp3) is 0.167. The van der Waals surface area contributed by atoms with Gasteiger partial charge in [-0.25, -0.2) is 9.59 Å². The fourth-order valence-electron chi connectivity index (χ4n) is 2.00. The van der Waals surface area contributed by atoms with E-state index in [9.17, 15) is 19.5 Å². The van der Waals surface area contributed by atoms with Crippen LogP contribution in [0.4, 0.5) is 4.79 Å². The maximum absolute atomic E-state index is 11.9. The van der Waals surface area contributed by atoms with Crippen LogP contribution in [0.1, 0.15) is 15.9 Å². The molecule has 8 heteroatoms. The highest BCUT2D eigenvalue weighted by Crippen LogP contribution is 2.23. The number of aromatic hydroxyl groups is 1. The minimum atomic E-state index is -0.898. The van der Waals surface area contributed by atoms with E-state index in [0.717, 1.165) is 5.56 Å². The summed E-state index contributed by atoms with van der Waals surface area (Å²) < 4.78 is 9.68. The first-order chi connectivity index (χ1) is 12.5. The lowest BCUT2D eigenvalue weighted by Gasteiger charge is -2.09. The summed E-state index contributed by atoms with van der Waals surface area (Å²) in [4.78, 5) is 35.1. The van der Waals surface area contributed by atoms with Crippen molar-refractivity contribution in [3.8, 4) is 11.5 Å². The molecule has 2 aromatic carbocycles. The van der Waals surface area contributed by atoms with Crippen LogP contribution in [0.5, 0.6) is 11.5 Å². The average Bonchev–Trinajstić information content (AvgIpc) is 2.65. The molecule has 0 radical (unpaired) electrons. The minimum Gasteiger partial charge on any atom is -0.507 e. The molecule has 0 saturated carbocycles. The predicted octanol–water partition coefficient (Wildman–Crippen LogP) is 1.58. The van der Waals surface area contributed by atoms with Crippen LogP contribution >= 0.6 is 0 Å². The van der Waals surface area contributed by atoms with Crippen LogP contribution in [0.25, 0.3) is 0 Å². The van der Waals surface area contributed by atoms with Gasteiger partial charge in [0.25, 0.3) is 5.91 Å². The van der Waals surface area contributed by atoms with Gasteiger partial charge in [0.15, 0.2) is 6.61 Å². The lowest BCUT2D eigenvalue weighted by molar-refractivity contribution is -0.123. The summed E-state index contributed by atoms with van der Waals surface area (Å²) in [6, 6.07) is 12.5. The number of urea groups is 1. The molecule has 0 aliphatic heterocycles. The molecule has 136 valence electrons. The third kappa shape index (κ3) is 5.52. The first-order valence-corrected chi connectivity index (χ1v) is 7.65. The van der Waals surface area contributed by atoms with Gasteiger partial charge in [0.1, 0.15) is 17.1 Å². The molecule has 0 aliphatic carbocycles. The number of ether oxygens (including phenoxy) is 2. The van der Waals surface area contributed by atoms with E-state index >= 15 is 0 Å². The van der Waals surface area contributed by atoms with Crippen molar-refractivity contribution in [2.24, 2.45) is 0 Å². The molecule has 0 fully saturated rings. The Labute approximate surface area is 149 Å². The third-order valence-corrected chi connectivity index (χ3v) is 3.31. The van der Waals surface area contributed by atoms with E-state index in [2.05, 4.69) is 5.32 Å². The summed E-state index contributed by atoms with van der Waals surface area (Å²) in [6.07, 6.45) is 0. The van der Waals surface area contributed by atoms with Crippen LogP contribution in [-0.2, 0) is 16.1 Å². The predicted molar refractivity (Wildman–Crippen MR) is 91.8 cm³/mol. The molecule has 0 unspecified atom stereocenters. The summed E-state index contributed by atoms with van der Waals surface area (Å²) in [5.74, 6) is -1.66. The first kappa shape index (κ1) is 18.8. The molecule has 3 amide bonds. The monoisotopic (exact) mass is 358 g/mol. The van der Waals surface area contributed by atoms with Crippen LogP contribution in [0.3, 0.4) is 0 Å². The van der Waals surface area contributed by atoms with Crippen molar-refractivity contribution < 1.29 is 29.0 Å². The van der Waals surface area contributed by atoms with Gasteiger partial charge in [-0.3, -0.25) is 10.1 Å². The Kier molecular flexibility index (Phi) is 6.55. The minimum absolute atomic E-state index is 0.118. The van der Waals surface area contributed by atoms with E-state index in [1.54, 1.807) is 0 Å². The molecule has 2 aromatic rings. The lowest BCUT2D eigenvalue weighted by atomic mass is 10.2. The van der Waals surface area contributed by atoms with E-state index in [1.165, 1.54) is 25.3 Å². The summed E-state index contributed by atoms with van der Waals surface area (Å²) in [5.41, 5.74) is 0.753. The number of hydrogen-bond acceptors (Lipinski definition) is 6. The molecular weight excluding hydrogens is 340 g/mol. The quantitative estimate of drug-likeness (QED) is 0.676. The fourth-order valence-corrected chi connectivity index (χ4v) is 2.00. The van der Waals surface area contributed by atoms with E-state index in [4.69, 9.17) is 9.47 Å². The molecule has 0 aliphatic rings. The second-order valence-corrected chi connectivity index (χ2v) is 5.18. The van der Waals surface area contributed by atoms with Crippen LogP contribution in [0.2, 0.25) is 0 Å². The maximum Gasteiger partial charge on any atom is 0.342 e. The number of imide groups is 1. The first-order valence-electron chi connectivity index (χ1n) is 7.65. The molecule has 0 spiro atoms. The summed E-state index contributed by atoms with van der Waals surface area (Å²) in [6.45, 7) is -0.414. The third-order valence-electron chi connectivity index (χ3n) is 3.31. The average molecular weight is 358 g/mol. The Hall–Kier alpha value is -3.55. The van der Waals surface area contributed by atoms with Crippen LogP contribution in [-0.4, -0.2) is 36.7 Å². The van der Waals surface area contributed by atoms with E-state index in [1.807, 2.05) is 35.6 Å². The molecule has 0 aromatic heterocycles. The van der Waals surface area contributed by atoms with E-state index < -0.39 is 24.5 Å². The number of esters is 1. The lowest BCUT2D eigenvalue weighted by Crippen LogP contribution is -2.41. The molecule has 8 nitrogen and oxygen atoms in total. The van der Waals surface area contributed by atoms with Gasteiger partial charge in [-0.1, -0.05) is 30.3 Å². The van der Waals surface area contributed by atoms with Crippen LogP contribution < -0.4 is 15.4 Å². The van der Waals surface area contributed by atoms with Gasteiger partial charge in [-0.2, -0.15) is 0 Å². The molecule has 0 saturated heterocycles. The number of benzene rings is 2. The Morgan fingerprint density at radius 1 is 1.08 bits per heavy atom. The number of carbonyl (C=O) groups excluding carboxylic acids is 3. The summed E-state index contributed by atoms with van der Waals surface area (Å²) in [7, 11) is 1.42. The highest BCUT2D eigenvalue weighted by molar-refractivity contribution is 5.97. The number of carbonyl (C=O) groups is 3. The van der Waals surface area contributed by atoms with Gasteiger partial charge in [0.05, 0.1) is 7.11 Å². The van der Waals surface area contributed by atoms with E-state index in [-0.39, 0.29) is 17.9 Å². The van der Waals surface area contributed by atoms with Crippen LogP contribution in [0, 0.1) is 0 Å². The SMILES string of the molecule is COc1ccc(C(=O)OCC(=O)NC(=O)NCc2ccccc2)c(O)c1. The second kappa shape index (κ2) is 9.07. The van der Waals surface area contributed by atoms with Crippen molar-refractivity contribution in [2.75, 3.05) is 13.7 Å². The standard InChI is InChI=1S/C18H18N2O6/c1-25-13-7-8-14(15(21)9-13)17(23)26-11-16(22)20-18(24)19-10-12-5-3-2-4-6-12/h2-9,21H,10-11H2,1H3,(H2,19,20,22,24). The molecule has 0 atom stereocenters. The maximum atomic E-state index is 11.9. The van der Waals surface area contributed by atoms with Gasteiger partial charge in [0.2, 0.25) is 0 Å². The topological polar surface area (TPSA) is 114 Å². The Morgan fingerprint density at radius 3 is 2.46 bits per heavy atom.